The maximum Gasteiger partial charge on any atom is 0.326 e. The third-order valence-corrected chi connectivity index (χ3v) is 7.76. The number of hydrogen-bond donors (Lipinski definition) is 4. The predicted octanol–water partition coefficient (Wildman–Crippen LogP) is 5.22. The second-order valence-corrected chi connectivity index (χ2v) is 11.0. The van der Waals surface area contributed by atoms with Gasteiger partial charge in [-0.1, -0.05) is 99.1 Å². The van der Waals surface area contributed by atoms with Crippen molar-refractivity contribution in [2.75, 3.05) is 11.5 Å². The average molecular weight is 493 g/mol. The van der Waals surface area contributed by atoms with Gasteiger partial charge in [-0.2, -0.15) is 0 Å². The van der Waals surface area contributed by atoms with Crippen LogP contribution in [0.4, 0.5) is 0 Å². The standard InChI is InChI=1S/C23H44N2O5S2/c1-2-3-4-5-6-7-8-9-10-11-12-13-14-21(26)25-20(23(29)30)16-18-32-31-17-15-19(24)22(27)28/h19-20H,2-18,24H2,1H3,(H,25,26)(H,27,28)(H,29,30). The van der Waals surface area contributed by atoms with Gasteiger partial charge in [0.1, 0.15) is 12.1 Å². The van der Waals surface area contributed by atoms with Gasteiger partial charge in [-0.3, -0.25) is 9.59 Å². The van der Waals surface area contributed by atoms with Crippen LogP contribution in [0.25, 0.3) is 0 Å². The Morgan fingerprint density at radius 1 is 0.750 bits per heavy atom. The number of aliphatic carboxylic acids is 2. The van der Waals surface area contributed by atoms with Crippen LogP contribution in [0.3, 0.4) is 0 Å². The Kier molecular flexibility index (Phi) is 21.3. The quantitative estimate of drug-likeness (QED) is 0.113. The Balaban J connectivity index is 3.68. The van der Waals surface area contributed by atoms with Gasteiger partial charge in [-0.15, -0.1) is 0 Å². The van der Waals surface area contributed by atoms with Crippen LogP contribution >= 0.6 is 21.6 Å². The molecule has 0 aromatic heterocycles. The largest absolute Gasteiger partial charge is 0.480 e. The van der Waals surface area contributed by atoms with Gasteiger partial charge in [0.05, 0.1) is 0 Å². The van der Waals surface area contributed by atoms with Crippen molar-refractivity contribution < 1.29 is 24.6 Å². The highest BCUT2D eigenvalue weighted by atomic mass is 33.1. The fourth-order valence-corrected chi connectivity index (χ4v) is 5.44. The number of carboxylic acids is 2. The Labute approximate surface area is 201 Å². The van der Waals surface area contributed by atoms with Gasteiger partial charge in [0, 0.05) is 17.9 Å². The van der Waals surface area contributed by atoms with Crippen molar-refractivity contribution in [3.63, 3.8) is 0 Å². The lowest BCUT2D eigenvalue weighted by Crippen LogP contribution is -2.41. The molecule has 0 saturated heterocycles. The van der Waals surface area contributed by atoms with E-state index in [9.17, 15) is 19.5 Å². The van der Waals surface area contributed by atoms with Gasteiger partial charge < -0.3 is 21.3 Å². The van der Waals surface area contributed by atoms with E-state index in [4.69, 9.17) is 10.8 Å². The molecule has 0 aliphatic heterocycles. The summed E-state index contributed by atoms with van der Waals surface area (Å²) in [4.78, 5) is 34.1. The molecule has 2 unspecified atom stereocenters. The monoisotopic (exact) mass is 492 g/mol. The molecule has 2 atom stereocenters. The smallest absolute Gasteiger partial charge is 0.326 e. The third-order valence-electron chi connectivity index (χ3n) is 5.29. The molecule has 5 N–H and O–H groups in total. The van der Waals surface area contributed by atoms with Gasteiger partial charge in [0.2, 0.25) is 5.91 Å². The summed E-state index contributed by atoms with van der Waals surface area (Å²) in [5.41, 5.74) is 5.43. The molecule has 0 rings (SSSR count). The number of amides is 1. The summed E-state index contributed by atoms with van der Waals surface area (Å²) in [5.74, 6) is -1.09. The Bertz CT molecular complexity index is 509. The zero-order valence-electron chi connectivity index (χ0n) is 19.7. The number of unbranched alkanes of at least 4 members (excludes halogenated alkanes) is 11. The normalized spacial score (nSPS) is 12.9. The van der Waals surface area contributed by atoms with E-state index >= 15 is 0 Å². The summed E-state index contributed by atoms with van der Waals surface area (Å²) in [7, 11) is 2.94. The minimum Gasteiger partial charge on any atom is -0.480 e. The zero-order chi connectivity index (χ0) is 24.0. The van der Waals surface area contributed by atoms with Crippen molar-refractivity contribution in [2.24, 2.45) is 5.73 Å². The lowest BCUT2D eigenvalue weighted by Gasteiger charge is -2.14. The van der Waals surface area contributed by atoms with Crippen molar-refractivity contribution in [3.05, 3.63) is 0 Å². The van der Waals surface area contributed by atoms with Gasteiger partial charge >= 0.3 is 11.9 Å². The van der Waals surface area contributed by atoms with Crippen LogP contribution in [-0.2, 0) is 14.4 Å². The molecule has 0 spiro atoms. The maximum absolute atomic E-state index is 12.1. The van der Waals surface area contributed by atoms with Gasteiger partial charge in [0.25, 0.3) is 0 Å². The van der Waals surface area contributed by atoms with Crippen LogP contribution in [0.5, 0.6) is 0 Å². The number of carbonyl (C=O) groups is 3. The molecule has 0 fully saturated rings. The molecule has 0 bridgehead atoms. The van der Waals surface area contributed by atoms with Gasteiger partial charge in [-0.05, 0) is 19.3 Å². The summed E-state index contributed by atoms with van der Waals surface area (Å²) in [6.45, 7) is 2.24. The summed E-state index contributed by atoms with van der Waals surface area (Å²) in [5, 5.41) is 20.7. The molecule has 0 aliphatic carbocycles. The predicted molar refractivity (Wildman–Crippen MR) is 135 cm³/mol. The van der Waals surface area contributed by atoms with E-state index in [1.165, 1.54) is 79.4 Å². The molecule has 7 nitrogen and oxygen atoms in total. The number of nitrogens with two attached hydrogens (primary N) is 1. The number of rotatable bonds is 23. The molecular weight excluding hydrogens is 448 g/mol. The fourth-order valence-electron chi connectivity index (χ4n) is 3.23. The third kappa shape index (κ3) is 19.7. The van der Waals surface area contributed by atoms with Crippen molar-refractivity contribution in [1.29, 1.82) is 0 Å². The van der Waals surface area contributed by atoms with E-state index < -0.39 is 24.0 Å². The van der Waals surface area contributed by atoms with Gasteiger partial charge in [-0.25, -0.2) is 4.79 Å². The SMILES string of the molecule is CCCCCCCCCCCCCCC(=O)NC(CCSSCCC(N)C(=O)O)C(=O)O. The number of carboxylic acid groups (broad SMARTS) is 2. The molecule has 1 amide bonds. The van der Waals surface area contributed by atoms with E-state index in [-0.39, 0.29) is 5.91 Å². The van der Waals surface area contributed by atoms with Crippen LogP contribution in [0, 0.1) is 0 Å². The van der Waals surface area contributed by atoms with Crippen molar-refractivity contribution in [1.82, 2.24) is 5.32 Å². The topological polar surface area (TPSA) is 130 Å². The van der Waals surface area contributed by atoms with Crippen molar-refractivity contribution in [3.8, 4) is 0 Å². The zero-order valence-corrected chi connectivity index (χ0v) is 21.3. The first-order valence-electron chi connectivity index (χ1n) is 12.1. The number of hydrogen-bond acceptors (Lipinski definition) is 6. The Morgan fingerprint density at radius 3 is 1.69 bits per heavy atom. The van der Waals surface area contributed by atoms with Crippen LogP contribution in [-0.4, -0.2) is 51.6 Å². The molecule has 0 saturated carbocycles. The minimum atomic E-state index is -1.02. The summed E-state index contributed by atoms with van der Waals surface area (Å²) in [6.07, 6.45) is 15.8. The number of nitrogens with one attached hydrogen (secondary N) is 1. The molecule has 188 valence electrons. The average Bonchev–Trinajstić information content (AvgIpc) is 2.75. The van der Waals surface area contributed by atoms with E-state index in [1.54, 1.807) is 0 Å². The van der Waals surface area contributed by atoms with E-state index in [0.717, 1.165) is 19.3 Å². The highest BCUT2D eigenvalue weighted by molar-refractivity contribution is 8.76. The van der Waals surface area contributed by atoms with Gasteiger partial charge in [0.15, 0.2) is 0 Å². The molecule has 9 heteroatoms. The Hall–Kier alpha value is -0.930. The summed E-state index contributed by atoms with van der Waals surface area (Å²) < 4.78 is 0. The lowest BCUT2D eigenvalue weighted by molar-refractivity contribution is -0.142. The molecule has 0 radical (unpaired) electrons. The number of carbonyl (C=O) groups excluding carboxylic acids is 1. The minimum absolute atomic E-state index is 0.199. The summed E-state index contributed by atoms with van der Waals surface area (Å²) >= 11 is 0. The van der Waals surface area contributed by atoms with Crippen LogP contribution in [0.15, 0.2) is 0 Å². The Morgan fingerprint density at radius 2 is 1.22 bits per heavy atom. The van der Waals surface area contributed by atoms with E-state index in [0.29, 0.717) is 30.8 Å². The van der Waals surface area contributed by atoms with Crippen molar-refractivity contribution in [2.45, 2.75) is 115 Å². The molecule has 0 aromatic rings. The first kappa shape index (κ1) is 31.1. The molecule has 32 heavy (non-hydrogen) atoms. The van der Waals surface area contributed by atoms with Crippen molar-refractivity contribution >= 4 is 39.4 Å². The molecular formula is C23H44N2O5S2. The highest BCUT2D eigenvalue weighted by Gasteiger charge is 2.19. The second kappa shape index (κ2) is 21.9. The lowest BCUT2D eigenvalue weighted by atomic mass is 10.0. The van der Waals surface area contributed by atoms with E-state index in [2.05, 4.69) is 12.2 Å². The first-order valence-corrected chi connectivity index (χ1v) is 14.6. The highest BCUT2D eigenvalue weighted by Crippen LogP contribution is 2.23. The van der Waals surface area contributed by atoms with Crippen LogP contribution in [0.2, 0.25) is 0 Å². The first-order chi connectivity index (χ1) is 15.4. The molecule has 0 aromatic carbocycles. The maximum atomic E-state index is 12.1. The van der Waals surface area contributed by atoms with Crippen LogP contribution in [0.1, 0.15) is 103 Å². The van der Waals surface area contributed by atoms with E-state index in [1.807, 2.05) is 0 Å². The molecule has 0 aliphatic rings. The molecule has 0 heterocycles. The van der Waals surface area contributed by atoms with Crippen LogP contribution < -0.4 is 11.1 Å². The summed E-state index contributed by atoms with van der Waals surface area (Å²) in [6, 6.07) is -1.75. The fraction of sp³-hybridized carbons (Fsp3) is 0.870. The second-order valence-electron chi connectivity index (χ2n) is 8.26.